The minimum Gasteiger partial charge on any atom is -0.396 e. The van der Waals surface area contributed by atoms with Crippen molar-refractivity contribution in [3.8, 4) is 0 Å². The highest BCUT2D eigenvalue weighted by Crippen LogP contribution is 2.39. The number of rotatable bonds is 3. The van der Waals surface area contributed by atoms with Gasteiger partial charge in [-0.1, -0.05) is 42.5 Å². The third-order valence-electron chi connectivity index (χ3n) is 2.55. The van der Waals surface area contributed by atoms with Crippen LogP contribution in [0.15, 0.2) is 36.4 Å². The zero-order chi connectivity index (χ0) is 9.10. The molecule has 2 rings (SSSR count). The second kappa shape index (κ2) is 3.75. The van der Waals surface area contributed by atoms with Crippen molar-refractivity contribution in [3.63, 3.8) is 0 Å². The molecule has 0 saturated heterocycles. The summed E-state index contributed by atoms with van der Waals surface area (Å²) in [5, 5.41) is 8.84. The van der Waals surface area contributed by atoms with E-state index in [2.05, 4.69) is 24.3 Å². The largest absolute Gasteiger partial charge is 0.396 e. The fourth-order valence-electron chi connectivity index (χ4n) is 1.52. The van der Waals surface area contributed by atoms with Crippen LogP contribution in [0.1, 0.15) is 12.0 Å². The van der Waals surface area contributed by atoms with Gasteiger partial charge in [-0.15, -0.1) is 0 Å². The molecule has 0 amide bonds. The third kappa shape index (κ3) is 2.19. The molecule has 1 nitrogen and oxygen atoms in total. The van der Waals surface area contributed by atoms with Crippen LogP contribution in [0.4, 0.5) is 0 Å². The topological polar surface area (TPSA) is 20.2 Å². The van der Waals surface area contributed by atoms with Crippen LogP contribution in [0.2, 0.25) is 0 Å². The highest BCUT2D eigenvalue weighted by Gasteiger charge is 2.33. The monoisotopic (exact) mass is 174 g/mol. The van der Waals surface area contributed by atoms with Crippen molar-refractivity contribution in [1.82, 2.24) is 0 Å². The molecule has 0 bridgehead atoms. The van der Waals surface area contributed by atoms with Crippen LogP contribution in [0.5, 0.6) is 0 Å². The van der Waals surface area contributed by atoms with Gasteiger partial charge in [0.15, 0.2) is 0 Å². The van der Waals surface area contributed by atoms with Gasteiger partial charge in [0.05, 0.1) is 0 Å². The van der Waals surface area contributed by atoms with Crippen LogP contribution < -0.4 is 0 Å². The lowest BCUT2D eigenvalue weighted by atomic mass is 10.2. The van der Waals surface area contributed by atoms with Gasteiger partial charge in [-0.05, 0) is 23.8 Å². The molecule has 1 aliphatic carbocycles. The summed E-state index contributed by atoms with van der Waals surface area (Å²) in [6.45, 7) is 0.337. The van der Waals surface area contributed by atoms with Crippen LogP contribution in [0, 0.1) is 11.8 Å². The van der Waals surface area contributed by atoms with Crippen molar-refractivity contribution in [3.05, 3.63) is 42.0 Å². The lowest BCUT2D eigenvalue weighted by Crippen LogP contribution is -1.85. The van der Waals surface area contributed by atoms with Crippen LogP contribution >= 0.6 is 0 Å². The van der Waals surface area contributed by atoms with E-state index in [0.717, 1.165) is 6.42 Å². The molecule has 1 aromatic rings. The van der Waals surface area contributed by atoms with Gasteiger partial charge >= 0.3 is 0 Å². The Morgan fingerprint density at radius 3 is 2.69 bits per heavy atom. The van der Waals surface area contributed by atoms with E-state index in [9.17, 15) is 0 Å². The summed E-state index contributed by atoms with van der Waals surface area (Å²) >= 11 is 0. The predicted octanol–water partition coefficient (Wildman–Crippen LogP) is 2.33. The number of benzene rings is 1. The van der Waals surface area contributed by atoms with Crippen molar-refractivity contribution < 1.29 is 5.11 Å². The number of aliphatic hydroxyl groups excluding tert-OH is 1. The Bertz CT molecular complexity index is 289. The number of hydrogen-bond acceptors (Lipinski definition) is 1. The maximum atomic E-state index is 8.84. The Hall–Kier alpha value is -1.08. The van der Waals surface area contributed by atoms with Gasteiger partial charge in [-0.25, -0.2) is 0 Å². The molecule has 0 aliphatic heterocycles. The summed E-state index contributed by atoms with van der Waals surface area (Å²) in [5.74, 6) is 1.14. The molecule has 0 radical (unpaired) electrons. The highest BCUT2D eigenvalue weighted by atomic mass is 16.3. The van der Waals surface area contributed by atoms with Crippen molar-refractivity contribution in [2.45, 2.75) is 6.42 Å². The Morgan fingerprint density at radius 2 is 2.08 bits per heavy atom. The van der Waals surface area contributed by atoms with Crippen molar-refractivity contribution in [2.24, 2.45) is 11.8 Å². The molecule has 1 N–H and O–H groups in total. The van der Waals surface area contributed by atoms with E-state index in [1.807, 2.05) is 18.2 Å². The molecule has 0 heterocycles. The normalized spacial score (nSPS) is 26.5. The second-order valence-corrected chi connectivity index (χ2v) is 3.61. The highest BCUT2D eigenvalue weighted by molar-refractivity contribution is 5.49. The number of hydrogen-bond donors (Lipinski definition) is 1. The molecule has 13 heavy (non-hydrogen) atoms. The van der Waals surface area contributed by atoms with E-state index in [0.29, 0.717) is 18.4 Å². The van der Waals surface area contributed by atoms with Gasteiger partial charge in [-0.2, -0.15) is 0 Å². The van der Waals surface area contributed by atoms with Crippen molar-refractivity contribution in [1.29, 1.82) is 0 Å². The molecule has 0 unspecified atom stereocenters. The molecule has 1 aliphatic rings. The van der Waals surface area contributed by atoms with E-state index >= 15 is 0 Å². The summed E-state index contributed by atoms with van der Waals surface area (Å²) in [6, 6.07) is 10.3. The molecule has 68 valence electrons. The summed E-state index contributed by atoms with van der Waals surface area (Å²) < 4.78 is 0. The van der Waals surface area contributed by atoms with E-state index in [1.54, 1.807) is 0 Å². The first-order valence-corrected chi connectivity index (χ1v) is 4.74. The third-order valence-corrected chi connectivity index (χ3v) is 2.55. The van der Waals surface area contributed by atoms with Crippen molar-refractivity contribution >= 4 is 6.08 Å². The maximum Gasteiger partial charge on any atom is 0.0465 e. The van der Waals surface area contributed by atoms with Gasteiger partial charge in [0.25, 0.3) is 0 Å². The minimum atomic E-state index is 0.337. The Labute approximate surface area is 78.7 Å². The maximum absolute atomic E-state index is 8.84. The SMILES string of the molecule is OC[C@@H]1C[C@H]1/C=C/c1ccccc1. The molecule has 1 aromatic carbocycles. The van der Waals surface area contributed by atoms with E-state index < -0.39 is 0 Å². The van der Waals surface area contributed by atoms with Gasteiger partial charge in [0, 0.05) is 6.61 Å². The Balaban J connectivity index is 1.92. The molecule has 0 spiro atoms. The fraction of sp³-hybridized carbons (Fsp3) is 0.333. The molecule has 1 heteroatoms. The molecule has 2 atom stereocenters. The fourth-order valence-corrected chi connectivity index (χ4v) is 1.52. The number of aliphatic hydroxyl groups is 1. The van der Waals surface area contributed by atoms with E-state index in [-0.39, 0.29) is 0 Å². The zero-order valence-corrected chi connectivity index (χ0v) is 7.56. The first-order valence-electron chi connectivity index (χ1n) is 4.74. The quantitative estimate of drug-likeness (QED) is 0.745. The van der Waals surface area contributed by atoms with Crippen LogP contribution in [0.25, 0.3) is 6.08 Å². The lowest BCUT2D eigenvalue weighted by molar-refractivity contribution is 0.272. The van der Waals surface area contributed by atoms with E-state index in [4.69, 9.17) is 5.11 Å². The average molecular weight is 174 g/mol. The van der Waals surface area contributed by atoms with Gasteiger partial charge < -0.3 is 5.11 Å². The zero-order valence-electron chi connectivity index (χ0n) is 7.56. The standard InChI is InChI=1S/C12H14O/c13-9-12-8-11(12)7-6-10-4-2-1-3-5-10/h1-7,11-13H,8-9H2/b7-6+/t11-,12+/m1/s1. The molecule has 1 fully saturated rings. The second-order valence-electron chi connectivity index (χ2n) is 3.61. The minimum absolute atomic E-state index is 0.337. The average Bonchev–Trinajstić information content (AvgIpc) is 2.95. The first kappa shape index (κ1) is 8.52. The smallest absolute Gasteiger partial charge is 0.0465 e. The first-order chi connectivity index (χ1) is 6.40. The lowest BCUT2D eigenvalue weighted by Gasteiger charge is -1.90. The van der Waals surface area contributed by atoms with Crippen LogP contribution in [0.3, 0.4) is 0 Å². The van der Waals surface area contributed by atoms with Gasteiger partial charge in [0.2, 0.25) is 0 Å². The molecular weight excluding hydrogens is 160 g/mol. The van der Waals surface area contributed by atoms with Gasteiger partial charge in [0.1, 0.15) is 0 Å². The molecular formula is C12H14O. The Morgan fingerprint density at radius 1 is 1.31 bits per heavy atom. The predicted molar refractivity (Wildman–Crippen MR) is 54.2 cm³/mol. The summed E-state index contributed by atoms with van der Waals surface area (Å²) in [4.78, 5) is 0. The van der Waals surface area contributed by atoms with Crippen molar-refractivity contribution in [2.75, 3.05) is 6.61 Å². The number of allylic oxidation sites excluding steroid dienone is 1. The molecule has 1 saturated carbocycles. The summed E-state index contributed by atoms with van der Waals surface area (Å²) in [5.41, 5.74) is 1.24. The molecule has 0 aromatic heterocycles. The summed E-state index contributed by atoms with van der Waals surface area (Å²) in [7, 11) is 0. The van der Waals surface area contributed by atoms with E-state index in [1.165, 1.54) is 5.56 Å². The Kier molecular flexibility index (Phi) is 2.46. The summed E-state index contributed by atoms with van der Waals surface area (Å²) in [6.07, 6.45) is 5.50. The van der Waals surface area contributed by atoms with Gasteiger partial charge in [-0.3, -0.25) is 0 Å². The van der Waals surface area contributed by atoms with Crippen LogP contribution in [-0.4, -0.2) is 11.7 Å². The van der Waals surface area contributed by atoms with Crippen LogP contribution in [-0.2, 0) is 0 Å².